The van der Waals surface area contributed by atoms with Gasteiger partial charge in [-0.15, -0.1) is 37.3 Å². The van der Waals surface area contributed by atoms with Crippen molar-refractivity contribution in [1.82, 2.24) is 0 Å². The molecule has 2 nitrogen and oxygen atoms in total. The molecule has 0 heterocycles. The SMILES string of the molecule is CC(C)(C)[NH-].CC1=[C-]C(C)C(C)=C1C.Cl.Cl.[CH2-]CCO[Si](C)(C)C.[CH3-].[SiH2]=[Ti]. The molecule has 1 aliphatic carbocycles. The summed E-state index contributed by atoms with van der Waals surface area (Å²) in [5.74, 6) is 0.560. The van der Waals surface area contributed by atoms with Crippen LogP contribution in [0.5, 0.6) is 0 Å². The molecule has 0 fully saturated rings. The van der Waals surface area contributed by atoms with E-state index >= 15 is 0 Å². The molecular formula is C20H45Cl2NOSi2Ti-4. The van der Waals surface area contributed by atoms with Crippen molar-refractivity contribution >= 4 is 40.8 Å². The summed E-state index contributed by atoms with van der Waals surface area (Å²) in [5, 5.41) is 0. The summed E-state index contributed by atoms with van der Waals surface area (Å²) in [6, 6.07) is 0. The van der Waals surface area contributed by atoms with Gasteiger partial charge in [-0.3, -0.25) is 6.08 Å². The molecule has 1 N–H and O–H groups in total. The Morgan fingerprint density at radius 1 is 1.15 bits per heavy atom. The molecule has 0 amide bonds. The van der Waals surface area contributed by atoms with Crippen molar-refractivity contribution < 1.29 is 23.6 Å². The van der Waals surface area contributed by atoms with Crippen molar-refractivity contribution in [2.75, 3.05) is 6.61 Å². The van der Waals surface area contributed by atoms with Crippen LogP contribution in [0.4, 0.5) is 0 Å². The van der Waals surface area contributed by atoms with Crippen LogP contribution < -0.4 is 0 Å². The molecule has 0 bridgehead atoms. The summed E-state index contributed by atoms with van der Waals surface area (Å²) >= 11 is 2.03. The summed E-state index contributed by atoms with van der Waals surface area (Å²) < 4.78 is 5.45. The Kier molecular flexibility index (Phi) is 34.2. The topological polar surface area (TPSA) is 33.0 Å². The maximum atomic E-state index is 6.94. The minimum atomic E-state index is -1.22. The summed E-state index contributed by atoms with van der Waals surface area (Å²) in [6.07, 6.45) is 4.25. The molecule has 166 valence electrons. The average Bonchev–Trinajstić information content (AvgIpc) is 2.63. The Morgan fingerprint density at radius 2 is 1.48 bits per heavy atom. The summed E-state index contributed by atoms with van der Waals surface area (Å²) in [6.45, 7) is 25.3. The van der Waals surface area contributed by atoms with Crippen LogP contribution >= 0.6 is 24.8 Å². The van der Waals surface area contributed by atoms with Crippen LogP contribution in [0.1, 0.15) is 54.9 Å². The molecule has 0 saturated heterocycles. The molecule has 0 aromatic rings. The third-order valence-corrected chi connectivity index (χ3v) is 3.99. The fourth-order valence-electron chi connectivity index (χ4n) is 1.54. The van der Waals surface area contributed by atoms with Gasteiger partial charge in [0.1, 0.15) is 0 Å². The zero-order chi connectivity index (χ0) is 20.1. The van der Waals surface area contributed by atoms with Crippen LogP contribution in [-0.4, -0.2) is 28.1 Å². The summed E-state index contributed by atoms with van der Waals surface area (Å²) in [7, 11) is 0.643. The third-order valence-electron chi connectivity index (χ3n) is 2.92. The molecule has 0 spiro atoms. The van der Waals surface area contributed by atoms with Crippen LogP contribution in [0.2, 0.25) is 19.6 Å². The van der Waals surface area contributed by atoms with Gasteiger partial charge in [0.25, 0.3) is 0 Å². The standard InChI is InChI=1S/C9H13.C6H15OSi.C4H10N.CH3.2ClH.H2Si.Ti/c1-6-5-7(2)9(4)8(6)3;1-5-6-7-8(2,3)4;1-4(2,3)5;;;;;/h6H,1-4H3;1,5-6H2,2-4H3;5H,1-3H3;1H3;2*1H;1H2;/q4*-1;;;;. The number of rotatable bonds is 3. The number of hydrogen-bond acceptors (Lipinski definition) is 1. The first-order valence-corrected chi connectivity index (χ1v) is 15.9. The van der Waals surface area contributed by atoms with Crippen molar-refractivity contribution in [3.63, 3.8) is 0 Å². The van der Waals surface area contributed by atoms with E-state index in [0.29, 0.717) is 5.92 Å². The second-order valence-corrected chi connectivity index (χ2v) is 12.4. The molecule has 27 heavy (non-hydrogen) atoms. The van der Waals surface area contributed by atoms with E-state index in [9.17, 15) is 0 Å². The molecule has 1 rings (SSSR count). The van der Waals surface area contributed by atoms with Gasteiger partial charge in [0, 0.05) is 6.61 Å². The first kappa shape index (κ1) is 42.3. The van der Waals surface area contributed by atoms with Crippen LogP contribution in [-0.2, 0) is 23.6 Å². The van der Waals surface area contributed by atoms with Crippen LogP contribution in [0.25, 0.3) is 5.73 Å². The predicted octanol–water partition coefficient (Wildman–Crippen LogP) is 7.00. The molecular weight excluding hydrogens is 445 g/mol. The van der Waals surface area contributed by atoms with Gasteiger partial charge in [0.05, 0.1) is 0 Å². The van der Waals surface area contributed by atoms with Gasteiger partial charge >= 0.3 is 26.8 Å². The van der Waals surface area contributed by atoms with E-state index in [1.165, 1.54) is 16.7 Å². The number of allylic oxidation sites excluding steroid dienone is 4. The van der Waals surface area contributed by atoms with Crippen molar-refractivity contribution in [2.45, 2.75) is 80.1 Å². The Labute approximate surface area is 198 Å². The predicted molar refractivity (Wildman–Crippen MR) is 133 cm³/mol. The minimum absolute atomic E-state index is 0. The molecule has 1 aliphatic rings. The van der Waals surface area contributed by atoms with Gasteiger partial charge in [0.2, 0.25) is 0 Å². The van der Waals surface area contributed by atoms with E-state index < -0.39 is 8.32 Å². The van der Waals surface area contributed by atoms with E-state index in [1.54, 1.807) is 0 Å². The second kappa shape index (κ2) is 21.8. The zero-order valence-corrected chi connectivity index (χ0v) is 25.2. The molecule has 1 atom stereocenters. The monoisotopic (exact) mass is 489 g/mol. The summed E-state index contributed by atoms with van der Waals surface area (Å²) in [5.41, 5.74) is 10.9. The fourth-order valence-corrected chi connectivity index (χ4v) is 2.30. The van der Waals surface area contributed by atoms with E-state index in [2.05, 4.69) is 60.3 Å². The van der Waals surface area contributed by atoms with Crippen LogP contribution in [0.3, 0.4) is 0 Å². The van der Waals surface area contributed by atoms with Gasteiger partial charge in [-0.1, -0.05) is 47.5 Å². The molecule has 0 aliphatic heterocycles. The maximum absolute atomic E-state index is 6.94. The van der Waals surface area contributed by atoms with Crippen molar-refractivity contribution in [3.8, 4) is 0 Å². The Hall–Kier alpha value is 1.13. The first-order chi connectivity index (χ1) is 10.7. The van der Waals surface area contributed by atoms with Gasteiger partial charge in [-0.25, -0.2) is 5.57 Å². The van der Waals surface area contributed by atoms with E-state index in [0.717, 1.165) is 13.0 Å². The molecule has 0 saturated carbocycles. The second-order valence-electron chi connectivity index (χ2n) is 7.86. The number of halogens is 2. The zero-order valence-electron chi connectivity index (χ0n) is 19.6. The Morgan fingerprint density at radius 3 is 1.56 bits per heavy atom. The van der Waals surface area contributed by atoms with Gasteiger partial charge in [0.15, 0.2) is 8.32 Å². The molecule has 1 unspecified atom stereocenters. The normalized spacial score (nSPS) is 14.9. The van der Waals surface area contributed by atoms with E-state index in [1.807, 2.05) is 47.6 Å². The summed E-state index contributed by atoms with van der Waals surface area (Å²) in [4.78, 5) is 0. The van der Waals surface area contributed by atoms with Crippen LogP contribution in [0.15, 0.2) is 16.7 Å². The van der Waals surface area contributed by atoms with Crippen molar-refractivity contribution in [3.05, 3.63) is 42.9 Å². The van der Waals surface area contributed by atoms with Gasteiger partial charge < -0.3 is 24.5 Å². The fraction of sp³-hybridized carbons (Fsp3) is 0.700. The number of hydrogen-bond donors (Lipinski definition) is 0. The van der Waals surface area contributed by atoms with Crippen molar-refractivity contribution in [2.24, 2.45) is 5.92 Å². The van der Waals surface area contributed by atoms with Gasteiger partial charge in [-0.05, 0) is 19.6 Å². The quantitative estimate of drug-likeness (QED) is 0.310. The third kappa shape index (κ3) is 35.0. The molecule has 0 aromatic heterocycles. The Balaban J connectivity index is -0.0000000572. The Bertz CT molecular complexity index is 398. The molecule has 0 radical (unpaired) electrons. The van der Waals surface area contributed by atoms with Gasteiger partial charge in [-0.2, -0.15) is 17.6 Å². The first-order valence-electron chi connectivity index (χ1n) is 8.50. The van der Waals surface area contributed by atoms with E-state index in [4.69, 9.17) is 10.2 Å². The number of nitrogens with one attached hydrogen (secondary N) is 1. The van der Waals surface area contributed by atoms with Crippen LogP contribution in [0, 0.1) is 26.3 Å². The average molecular weight is 491 g/mol. The molecule has 0 aromatic carbocycles. The van der Waals surface area contributed by atoms with Crippen molar-refractivity contribution in [1.29, 1.82) is 0 Å². The van der Waals surface area contributed by atoms with E-state index in [-0.39, 0.29) is 37.8 Å². The molecule has 7 heteroatoms.